The van der Waals surface area contributed by atoms with Gasteiger partial charge >= 0.3 is 18.5 Å². The van der Waals surface area contributed by atoms with Gasteiger partial charge in [-0.25, -0.2) is 22.0 Å². The van der Waals surface area contributed by atoms with Crippen LogP contribution in [0.1, 0.15) is 0 Å². The smallest absolute Gasteiger partial charge is 0.439 e. The van der Waals surface area contributed by atoms with E-state index in [1.54, 1.807) is 0 Å². The lowest BCUT2D eigenvalue weighted by Crippen LogP contribution is -2.52. The first-order chi connectivity index (χ1) is 9.34. The van der Waals surface area contributed by atoms with E-state index < -0.39 is 53.3 Å². The Morgan fingerprint density at radius 1 is 0.667 bits per heavy atom. The number of hydrogen-bond donors (Lipinski definition) is 0. The summed E-state index contributed by atoms with van der Waals surface area (Å²) in [6.07, 6.45) is -11.5. The largest absolute Gasteiger partial charge is 0.466 e. The number of benzene rings is 1. The van der Waals surface area contributed by atoms with Gasteiger partial charge in [0.15, 0.2) is 0 Å². The van der Waals surface area contributed by atoms with E-state index in [2.05, 4.69) is 4.74 Å². The molecule has 0 saturated carbocycles. The highest BCUT2D eigenvalue weighted by Gasteiger charge is 2.66. The third-order valence-corrected chi connectivity index (χ3v) is 2.09. The average Bonchev–Trinajstić information content (AvgIpc) is 2.37. The molecule has 0 aromatic heterocycles. The van der Waals surface area contributed by atoms with Gasteiger partial charge in [0.2, 0.25) is 34.8 Å². The molecule has 1 nitrogen and oxygen atoms in total. The van der Waals surface area contributed by atoms with E-state index in [-0.39, 0.29) is 0 Å². The Hall–Kier alpha value is -1.75. The zero-order valence-corrected chi connectivity index (χ0v) is 9.14. The van der Waals surface area contributed by atoms with Gasteiger partial charge in [0, 0.05) is 0 Å². The maximum atomic E-state index is 13.1. The Morgan fingerprint density at radius 2 is 1.00 bits per heavy atom. The Labute approximate surface area is 107 Å². The van der Waals surface area contributed by atoms with Crippen LogP contribution in [0.2, 0.25) is 0 Å². The van der Waals surface area contributed by atoms with Crippen LogP contribution < -0.4 is 4.74 Å². The Kier molecular flexibility index (Phi) is 4.30. The molecule has 0 radical (unpaired) electrons. The average molecular weight is 334 g/mol. The van der Waals surface area contributed by atoms with E-state index in [1.165, 1.54) is 0 Å². The quantitative estimate of drug-likeness (QED) is 0.456. The van der Waals surface area contributed by atoms with E-state index in [0.717, 1.165) is 0 Å². The zero-order chi connectivity index (χ0) is 16.7. The van der Waals surface area contributed by atoms with Crippen molar-refractivity contribution in [2.45, 2.75) is 18.5 Å². The topological polar surface area (TPSA) is 9.23 Å². The first-order valence-corrected chi connectivity index (χ1v) is 4.58. The fourth-order valence-corrected chi connectivity index (χ4v) is 1.05. The van der Waals surface area contributed by atoms with Crippen molar-refractivity contribution in [3.63, 3.8) is 0 Å². The van der Waals surface area contributed by atoms with Gasteiger partial charge in [0.1, 0.15) is 0 Å². The van der Waals surface area contributed by atoms with E-state index in [0.29, 0.717) is 0 Å². The van der Waals surface area contributed by atoms with Crippen molar-refractivity contribution in [2.24, 2.45) is 0 Å². The van der Waals surface area contributed by atoms with Crippen LogP contribution in [-0.2, 0) is 0 Å². The second-order valence-electron chi connectivity index (χ2n) is 3.44. The highest BCUT2D eigenvalue weighted by atomic mass is 19.4. The number of rotatable bonds is 3. The van der Waals surface area contributed by atoms with E-state index in [4.69, 9.17) is 0 Å². The molecule has 0 bridgehead atoms. The minimum Gasteiger partial charge on any atom is -0.439 e. The molecule has 0 fully saturated rings. The fourth-order valence-electron chi connectivity index (χ4n) is 1.05. The maximum Gasteiger partial charge on any atom is 0.466 e. The van der Waals surface area contributed by atoms with Crippen LogP contribution in [0.15, 0.2) is 0 Å². The van der Waals surface area contributed by atoms with E-state index in [1.807, 2.05) is 0 Å². The third-order valence-electron chi connectivity index (χ3n) is 2.09. The van der Waals surface area contributed by atoms with E-state index >= 15 is 0 Å². The van der Waals surface area contributed by atoms with Gasteiger partial charge in [-0.15, -0.1) is 0 Å². The number of alkyl halides is 6. The van der Waals surface area contributed by atoms with Gasteiger partial charge < -0.3 is 4.74 Å². The summed E-state index contributed by atoms with van der Waals surface area (Å²) in [7, 11) is 0. The van der Waals surface area contributed by atoms with Gasteiger partial charge in [0.25, 0.3) is 0 Å². The minimum atomic E-state index is -6.51. The highest BCUT2D eigenvalue weighted by molar-refractivity contribution is 5.30. The zero-order valence-electron chi connectivity index (χ0n) is 9.14. The standard InChI is InChI=1S/C9HF11O/c10-1-2(11)4(13)6(5(14)3(1)12)21-8(17,7(15)16)9(18,19)20/h7H. The van der Waals surface area contributed by atoms with Crippen LogP contribution in [0.4, 0.5) is 48.3 Å². The molecule has 0 spiro atoms. The summed E-state index contributed by atoms with van der Waals surface area (Å²) in [6.45, 7) is 0. The van der Waals surface area contributed by atoms with E-state index in [9.17, 15) is 48.3 Å². The molecule has 0 aliphatic carbocycles. The van der Waals surface area contributed by atoms with Crippen LogP contribution >= 0.6 is 0 Å². The predicted octanol–water partition coefficient (Wildman–Crippen LogP) is 4.25. The number of halogens is 11. The molecule has 12 heteroatoms. The van der Waals surface area contributed by atoms with Crippen molar-refractivity contribution in [3.05, 3.63) is 29.1 Å². The van der Waals surface area contributed by atoms with Gasteiger partial charge in [-0.2, -0.15) is 26.3 Å². The second kappa shape index (κ2) is 5.22. The maximum absolute atomic E-state index is 13.1. The monoisotopic (exact) mass is 334 g/mol. The van der Waals surface area contributed by atoms with Crippen LogP contribution in [0, 0.1) is 29.1 Å². The molecule has 0 N–H and O–H groups in total. The van der Waals surface area contributed by atoms with Crippen molar-refractivity contribution >= 4 is 0 Å². The molecule has 1 aromatic rings. The number of hydrogen-bond acceptors (Lipinski definition) is 1. The molecule has 0 heterocycles. The Balaban J connectivity index is 3.50. The molecular weight excluding hydrogens is 333 g/mol. The molecule has 0 saturated heterocycles. The summed E-state index contributed by atoms with van der Waals surface area (Å²) < 4.78 is 140. The molecule has 1 rings (SSSR count). The summed E-state index contributed by atoms with van der Waals surface area (Å²) in [5.74, 6) is -23.2. The molecule has 0 amide bonds. The summed E-state index contributed by atoms with van der Waals surface area (Å²) in [5.41, 5.74) is 0. The van der Waals surface area contributed by atoms with Crippen LogP contribution in [-0.4, -0.2) is 18.5 Å². The number of ether oxygens (including phenoxy) is 1. The fraction of sp³-hybridized carbons (Fsp3) is 0.333. The van der Waals surface area contributed by atoms with Gasteiger partial charge in [0.05, 0.1) is 0 Å². The minimum absolute atomic E-state index is 2.77. The second-order valence-corrected chi connectivity index (χ2v) is 3.44. The molecule has 1 unspecified atom stereocenters. The summed E-state index contributed by atoms with van der Waals surface area (Å²) >= 11 is 0. The summed E-state index contributed by atoms with van der Waals surface area (Å²) in [5, 5.41) is 0. The van der Waals surface area contributed by atoms with Crippen molar-refractivity contribution in [2.75, 3.05) is 0 Å². The van der Waals surface area contributed by atoms with Crippen LogP contribution in [0.5, 0.6) is 5.75 Å². The van der Waals surface area contributed by atoms with Crippen LogP contribution in [0.3, 0.4) is 0 Å². The van der Waals surface area contributed by atoms with Gasteiger partial charge in [-0.3, -0.25) is 0 Å². The first kappa shape index (κ1) is 17.3. The molecule has 0 aliphatic rings. The Morgan fingerprint density at radius 3 is 1.29 bits per heavy atom. The SMILES string of the molecule is Fc1c(F)c(F)c(OC(F)(C(F)F)C(F)(F)F)c(F)c1F. The predicted molar refractivity (Wildman–Crippen MR) is 42.8 cm³/mol. The molecule has 120 valence electrons. The Bertz CT molecular complexity index is 523. The molecule has 1 atom stereocenters. The molecule has 1 aromatic carbocycles. The van der Waals surface area contributed by atoms with Crippen LogP contribution in [0.25, 0.3) is 0 Å². The molecule has 0 aliphatic heterocycles. The van der Waals surface area contributed by atoms with Crippen molar-refractivity contribution in [1.29, 1.82) is 0 Å². The van der Waals surface area contributed by atoms with Crippen molar-refractivity contribution in [1.82, 2.24) is 0 Å². The summed E-state index contributed by atoms with van der Waals surface area (Å²) in [4.78, 5) is 0. The van der Waals surface area contributed by atoms with Crippen molar-refractivity contribution < 1.29 is 53.0 Å². The first-order valence-electron chi connectivity index (χ1n) is 4.58. The molecular formula is C9HF11O. The van der Waals surface area contributed by atoms with Gasteiger partial charge in [-0.05, 0) is 0 Å². The third kappa shape index (κ3) is 2.70. The molecule has 21 heavy (non-hydrogen) atoms. The van der Waals surface area contributed by atoms with Gasteiger partial charge in [-0.1, -0.05) is 0 Å². The lowest BCUT2D eigenvalue weighted by Gasteiger charge is -2.27. The highest BCUT2D eigenvalue weighted by Crippen LogP contribution is 2.42. The normalized spacial score (nSPS) is 15.2. The lowest BCUT2D eigenvalue weighted by molar-refractivity contribution is -0.341. The van der Waals surface area contributed by atoms with Crippen molar-refractivity contribution in [3.8, 4) is 5.75 Å². The lowest BCUT2D eigenvalue weighted by atomic mass is 10.2. The summed E-state index contributed by atoms with van der Waals surface area (Å²) in [6, 6.07) is 0.